The highest BCUT2D eigenvalue weighted by molar-refractivity contribution is 4.80. The zero-order chi connectivity index (χ0) is 4.99. The van der Waals surface area contributed by atoms with Crippen molar-refractivity contribution in [1.82, 2.24) is 10.9 Å². The van der Waals surface area contributed by atoms with Crippen molar-refractivity contribution in [2.24, 2.45) is 0 Å². The van der Waals surface area contributed by atoms with E-state index in [-0.39, 0.29) is 0 Å². The molecule has 0 saturated heterocycles. The maximum Gasteiger partial charge on any atom is 0.0158 e. The van der Waals surface area contributed by atoms with E-state index in [4.69, 9.17) is 0 Å². The predicted octanol–water partition coefficient (Wildman–Crippen LogP) is 0.244. The predicted molar refractivity (Wildman–Crippen MR) is 27.0 cm³/mol. The topological polar surface area (TPSA) is 24.1 Å². The van der Waals surface area contributed by atoms with Crippen molar-refractivity contribution in [1.29, 1.82) is 0 Å². The Labute approximate surface area is 38.2 Å². The van der Waals surface area contributed by atoms with Gasteiger partial charge in [0.15, 0.2) is 0 Å². The zero-order valence-corrected chi connectivity index (χ0v) is 4.21. The Balaban J connectivity index is 2.83. The van der Waals surface area contributed by atoms with E-state index >= 15 is 0 Å². The van der Waals surface area contributed by atoms with Crippen molar-refractivity contribution in [3.05, 3.63) is 12.3 Å². The highest BCUT2D eigenvalue weighted by Gasteiger charge is 1.68. The van der Waals surface area contributed by atoms with Gasteiger partial charge < -0.3 is 5.43 Å². The summed E-state index contributed by atoms with van der Waals surface area (Å²) in [6, 6.07) is 0. The van der Waals surface area contributed by atoms with Gasteiger partial charge in [-0.2, -0.15) is 0 Å². The molecule has 2 heteroatoms. The van der Waals surface area contributed by atoms with Crippen LogP contribution in [0.4, 0.5) is 0 Å². The van der Waals surface area contributed by atoms with Crippen molar-refractivity contribution in [2.75, 3.05) is 7.05 Å². The quantitative estimate of drug-likeness (QED) is 0.470. The SMILES string of the molecule is C=C(C)NNC. The largest absolute Gasteiger partial charge is 0.327 e. The van der Waals surface area contributed by atoms with Gasteiger partial charge in [0.25, 0.3) is 0 Å². The third kappa shape index (κ3) is 3.50. The molecule has 0 unspecified atom stereocenters. The average Bonchev–Trinajstić information content (AvgIpc) is 1.35. The van der Waals surface area contributed by atoms with Crippen LogP contribution in [0.25, 0.3) is 0 Å². The van der Waals surface area contributed by atoms with Crippen LogP contribution in [-0.2, 0) is 0 Å². The first kappa shape index (κ1) is 5.50. The highest BCUT2D eigenvalue weighted by atomic mass is 15.3. The van der Waals surface area contributed by atoms with E-state index in [1.807, 2.05) is 6.92 Å². The molecular weight excluding hydrogens is 76.1 g/mol. The summed E-state index contributed by atoms with van der Waals surface area (Å²) in [5, 5.41) is 0. The second-order valence-corrected chi connectivity index (χ2v) is 1.16. The standard InChI is InChI=1S/C4H10N2/c1-4(2)6-5-3/h5-6H,1H2,2-3H3. The number of hydrazine groups is 1. The minimum absolute atomic E-state index is 0.928. The van der Waals surface area contributed by atoms with Gasteiger partial charge in [-0.3, -0.25) is 0 Å². The zero-order valence-electron chi connectivity index (χ0n) is 4.21. The Kier molecular flexibility index (Phi) is 2.50. The summed E-state index contributed by atoms with van der Waals surface area (Å²) in [5.41, 5.74) is 6.41. The van der Waals surface area contributed by atoms with Crippen LogP contribution in [0.2, 0.25) is 0 Å². The Bertz CT molecular complexity index is 49.5. The normalized spacial score (nSPS) is 7.67. The maximum atomic E-state index is 3.57. The summed E-state index contributed by atoms with van der Waals surface area (Å²) in [6.45, 7) is 5.46. The van der Waals surface area contributed by atoms with Crippen molar-refractivity contribution < 1.29 is 0 Å². The van der Waals surface area contributed by atoms with Gasteiger partial charge in [-0.1, -0.05) is 6.58 Å². The van der Waals surface area contributed by atoms with Crippen LogP contribution >= 0.6 is 0 Å². The second-order valence-electron chi connectivity index (χ2n) is 1.16. The molecule has 0 fully saturated rings. The number of allylic oxidation sites excluding steroid dienone is 1. The summed E-state index contributed by atoms with van der Waals surface area (Å²) < 4.78 is 0. The van der Waals surface area contributed by atoms with Crippen molar-refractivity contribution in [3.8, 4) is 0 Å². The Hall–Kier alpha value is -0.500. The Morgan fingerprint density at radius 3 is 2.17 bits per heavy atom. The molecule has 0 spiro atoms. The van der Waals surface area contributed by atoms with E-state index in [9.17, 15) is 0 Å². The minimum Gasteiger partial charge on any atom is -0.327 e. The summed E-state index contributed by atoms with van der Waals surface area (Å²) in [7, 11) is 1.80. The molecule has 0 radical (unpaired) electrons. The highest BCUT2D eigenvalue weighted by Crippen LogP contribution is 1.68. The molecule has 0 rings (SSSR count). The van der Waals surface area contributed by atoms with Gasteiger partial charge in [0.05, 0.1) is 0 Å². The molecule has 0 aromatic carbocycles. The van der Waals surface area contributed by atoms with E-state index in [2.05, 4.69) is 17.4 Å². The lowest BCUT2D eigenvalue weighted by atomic mass is 10.6. The van der Waals surface area contributed by atoms with E-state index in [0.29, 0.717) is 0 Å². The lowest BCUT2D eigenvalue weighted by Crippen LogP contribution is -2.24. The number of hydrogen-bond donors (Lipinski definition) is 2. The lowest BCUT2D eigenvalue weighted by Gasteiger charge is -1.97. The van der Waals surface area contributed by atoms with Crippen LogP contribution in [0.1, 0.15) is 6.92 Å². The average molecular weight is 86.1 g/mol. The van der Waals surface area contributed by atoms with Crippen LogP contribution in [0.3, 0.4) is 0 Å². The first-order valence-electron chi connectivity index (χ1n) is 1.85. The van der Waals surface area contributed by atoms with Crippen LogP contribution in [-0.4, -0.2) is 7.05 Å². The fourth-order valence-electron chi connectivity index (χ4n) is 0.213. The van der Waals surface area contributed by atoms with Gasteiger partial charge in [0, 0.05) is 12.7 Å². The number of hydrogen-bond acceptors (Lipinski definition) is 2. The van der Waals surface area contributed by atoms with E-state index in [1.165, 1.54) is 0 Å². The first-order chi connectivity index (χ1) is 2.77. The van der Waals surface area contributed by atoms with Crippen LogP contribution in [0, 0.1) is 0 Å². The van der Waals surface area contributed by atoms with Crippen LogP contribution < -0.4 is 10.9 Å². The number of rotatable bonds is 2. The van der Waals surface area contributed by atoms with E-state index < -0.39 is 0 Å². The van der Waals surface area contributed by atoms with Gasteiger partial charge in [-0.25, -0.2) is 5.43 Å². The molecule has 6 heavy (non-hydrogen) atoms. The second kappa shape index (κ2) is 2.72. The Morgan fingerprint density at radius 2 is 2.17 bits per heavy atom. The van der Waals surface area contributed by atoms with Crippen LogP contribution in [0.15, 0.2) is 12.3 Å². The molecule has 0 saturated carbocycles. The molecule has 0 aliphatic heterocycles. The molecule has 0 heterocycles. The molecule has 0 aromatic heterocycles. The summed E-state index contributed by atoms with van der Waals surface area (Å²) >= 11 is 0. The van der Waals surface area contributed by atoms with E-state index in [1.54, 1.807) is 7.05 Å². The van der Waals surface area contributed by atoms with Gasteiger partial charge in [0.2, 0.25) is 0 Å². The van der Waals surface area contributed by atoms with E-state index in [0.717, 1.165) is 5.70 Å². The first-order valence-corrected chi connectivity index (χ1v) is 1.85. The molecule has 0 aliphatic carbocycles. The molecular formula is C4H10N2. The van der Waals surface area contributed by atoms with Crippen molar-refractivity contribution in [2.45, 2.75) is 6.92 Å². The Morgan fingerprint density at radius 1 is 1.67 bits per heavy atom. The van der Waals surface area contributed by atoms with Crippen molar-refractivity contribution >= 4 is 0 Å². The van der Waals surface area contributed by atoms with Gasteiger partial charge in [0.1, 0.15) is 0 Å². The summed E-state index contributed by atoms with van der Waals surface area (Å²) in [6.07, 6.45) is 0. The molecule has 0 aromatic rings. The third-order valence-corrected chi connectivity index (χ3v) is 0.338. The molecule has 0 amide bonds. The minimum atomic E-state index is 0.928. The monoisotopic (exact) mass is 86.1 g/mol. The molecule has 2 nitrogen and oxygen atoms in total. The molecule has 0 bridgehead atoms. The smallest absolute Gasteiger partial charge is 0.0158 e. The third-order valence-electron chi connectivity index (χ3n) is 0.338. The molecule has 0 aliphatic rings. The maximum absolute atomic E-state index is 3.57. The van der Waals surface area contributed by atoms with Crippen molar-refractivity contribution in [3.63, 3.8) is 0 Å². The summed E-state index contributed by atoms with van der Waals surface area (Å²) in [4.78, 5) is 0. The fraction of sp³-hybridized carbons (Fsp3) is 0.500. The van der Waals surface area contributed by atoms with Gasteiger partial charge >= 0.3 is 0 Å². The summed E-state index contributed by atoms with van der Waals surface area (Å²) in [5.74, 6) is 0. The van der Waals surface area contributed by atoms with Crippen LogP contribution in [0.5, 0.6) is 0 Å². The van der Waals surface area contributed by atoms with Gasteiger partial charge in [-0.05, 0) is 6.92 Å². The number of nitrogens with one attached hydrogen (secondary N) is 2. The lowest BCUT2D eigenvalue weighted by molar-refractivity contribution is 0.692. The molecule has 36 valence electrons. The molecule has 2 N–H and O–H groups in total. The molecule has 0 atom stereocenters. The van der Waals surface area contributed by atoms with Gasteiger partial charge in [-0.15, -0.1) is 0 Å². The fourth-order valence-corrected chi connectivity index (χ4v) is 0.213.